The minimum atomic E-state index is -5.74. The lowest BCUT2D eigenvalue weighted by Gasteiger charge is -2.41. The van der Waals surface area contributed by atoms with Crippen molar-refractivity contribution in [3.8, 4) is 23.3 Å². The highest BCUT2D eigenvalue weighted by Gasteiger charge is 2.64. The number of halogens is 12. The summed E-state index contributed by atoms with van der Waals surface area (Å²) in [6.45, 7) is 1.93. The van der Waals surface area contributed by atoms with Crippen LogP contribution in [0.4, 0.5) is 39.5 Å². The second kappa shape index (κ2) is 20.0. The molecule has 8 aromatic rings. The Kier molecular flexibility index (Phi) is 14.6. The summed E-state index contributed by atoms with van der Waals surface area (Å²) in [5.41, 5.74) is -14.6. The number of hydrogen-bond donors (Lipinski definition) is 2. The van der Waals surface area contributed by atoms with Crippen molar-refractivity contribution in [3.05, 3.63) is 172 Å². The maximum absolute atomic E-state index is 16.4. The molecule has 0 saturated carbocycles. The lowest BCUT2D eigenvalue weighted by molar-refractivity contribution is -0.274. The molecule has 27 heteroatoms. The predicted molar refractivity (Wildman–Crippen MR) is 265 cm³/mol. The fourth-order valence-electron chi connectivity index (χ4n) is 9.25. The van der Waals surface area contributed by atoms with Crippen LogP contribution in [0.25, 0.3) is 22.1 Å². The van der Waals surface area contributed by atoms with E-state index in [4.69, 9.17) is 49.0 Å². The number of esters is 1. The number of benzene rings is 4. The molecule has 0 fully saturated rings. The second-order valence-electron chi connectivity index (χ2n) is 18.0. The number of carbonyl (C=O) groups excluding carboxylic acids is 1. The van der Waals surface area contributed by atoms with E-state index in [1.165, 1.54) is 38.8 Å². The van der Waals surface area contributed by atoms with Crippen molar-refractivity contribution in [2.24, 2.45) is 28.2 Å². The van der Waals surface area contributed by atoms with Crippen LogP contribution in [0.15, 0.2) is 107 Å². The van der Waals surface area contributed by atoms with E-state index in [-0.39, 0.29) is 56.0 Å². The molecule has 4 atom stereocenters. The molecule has 4 aromatic carbocycles. The maximum Gasteiger partial charge on any atom is 0.433 e. The van der Waals surface area contributed by atoms with Crippen LogP contribution in [0.5, 0.6) is 23.3 Å². The van der Waals surface area contributed by atoms with Crippen LogP contribution in [0.1, 0.15) is 74.2 Å². The van der Waals surface area contributed by atoms with Crippen molar-refractivity contribution in [1.82, 2.24) is 28.2 Å². The van der Waals surface area contributed by atoms with Gasteiger partial charge in [0.2, 0.25) is 17.4 Å². The number of aliphatic hydroxyl groups is 1. The zero-order chi connectivity index (χ0) is 57.5. The van der Waals surface area contributed by atoms with Crippen molar-refractivity contribution in [3.63, 3.8) is 0 Å². The van der Waals surface area contributed by atoms with Gasteiger partial charge in [-0.25, -0.2) is 29.1 Å². The highest BCUT2D eigenvalue weighted by molar-refractivity contribution is 6.33. The molecule has 15 nitrogen and oxygen atoms in total. The molecule has 0 spiro atoms. The van der Waals surface area contributed by atoms with Gasteiger partial charge < -0.3 is 24.4 Å². The largest absolute Gasteiger partial charge is 0.478 e. The molecular weight excluding hydrogens is 1120 g/mol. The number of nitrogens with zero attached hydrogens (tertiary/aromatic N) is 6. The molecule has 2 N–H and O–H groups in total. The van der Waals surface area contributed by atoms with Gasteiger partial charge in [0.1, 0.15) is 11.5 Å². The summed E-state index contributed by atoms with van der Waals surface area (Å²) in [6, 6.07) is 13.5. The van der Waals surface area contributed by atoms with Crippen molar-refractivity contribution in [2.45, 2.75) is 55.4 Å². The Morgan fingerprint density at radius 1 is 0.564 bits per heavy atom. The van der Waals surface area contributed by atoms with Crippen LogP contribution in [0, 0.1) is 0 Å². The molecule has 0 aliphatic carbocycles. The minimum Gasteiger partial charge on any atom is -0.478 e. The first-order valence-corrected chi connectivity index (χ1v) is 23.7. The number of aromatic carboxylic acids is 1. The molecule has 0 aliphatic heterocycles. The molecule has 410 valence electrons. The first kappa shape index (κ1) is 56.7. The average Bonchev–Trinajstić information content (AvgIpc) is 3.72. The third-order valence-electron chi connectivity index (χ3n) is 13.5. The molecular formula is C51H38Cl3F9N6O9. The number of pyridine rings is 2. The topological polar surface area (TPSA) is 182 Å². The summed E-state index contributed by atoms with van der Waals surface area (Å²) in [7, 11) is 5.30. The number of aromatic nitrogens is 6. The van der Waals surface area contributed by atoms with Crippen LogP contribution in [0.2, 0.25) is 15.1 Å². The average molecular weight is 1160 g/mol. The smallest absolute Gasteiger partial charge is 0.433 e. The fourth-order valence-corrected chi connectivity index (χ4v) is 10.1. The zero-order valence-electron chi connectivity index (χ0n) is 40.9. The summed E-state index contributed by atoms with van der Waals surface area (Å²) in [5, 5.41) is 19.6. The Balaban J connectivity index is 1.18. The van der Waals surface area contributed by atoms with Gasteiger partial charge in [-0.2, -0.15) is 39.5 Å². The van der Waals surface area contributed by atoms with Gasteiger partial charge in [0.25, 0.3) is 0 Å². The summed E-state index contributed by atoms with van der Waals surface area (Å²) >= 11 is 19.2. The highest BCUT2D eigenvalue weighted by Crippen LogP contribution is 2.55. The number of alkyl halides is 9. The van der Waals surface area contributed by atoms with E-state index in [1.54, 1.807) is 0 Å². The molecule has 0 aliphatic rings. The SMILES string of the molecule is CC(c1ccc(Oc2cc(C(=O)OC(c3ccc4c(c3)n(C)c(=O)n4C)(C(C)c3ccc(Oc4cc(Cl)c(C(=O)O)cn4)cc3Cl)C(F)(F)F)c(C(F)(F)F)cn2)cc1Cl)C(O)(c1ccc2c(c1)n(C)c(=O)n2C)C(F)(F)F. The van der Waals surface area contributed by atoms with E-state index in [0.29, 0.717) is 6.07 Å². The van der Waals surface area contributed by atoms with Crippen molar-refractivity contribution >= 4 is 68.8 Å². The number of aryl methyl sites for hydroxylation is 4. The number of carboxylic acids is 1. The molecule has 4 heterocycles. The van der Waals surface area contributed by atoms with Crippen LogP contribution in [0.3, 0.4) is 0 Å². The number of ether oxygens (including phenoxy) is 3. The number of carbonyl (C=O) groups is 2. The van der Waals surface area contributed by atoms with Gasteiger partial charge in [-0.3, -0.25) is 18.3 Å². The molecule has 0 radical (unpaired) electrons. The fraction of sp³-hybridized carbons (Fsp3) is 0.255. The first-order chi connectivity index (χ1) is 36.2. The number of imidazole rings is 2. The Bertz CT molecular complexity index is 3870. The minimum absolute atomic E-state index is 0.0637. The molecule has 8 rings (SSSR count). The molecule has 78 heavy (non-hydrogen) atoms. The molecule has 0 amide bonds. The first-order valence-electron chi connectivity index (χ1n) is 22.5. The van der Waals surface area contributed by atoms with E-state index < -0.39 is 114 Å². The Labute approximate surface area is 448 Å². The number of hydrogen-bond acceptors (Lipinski definition) is 10. The number of fused-ring (bicyclic) bond motifs is 2. The van der Waals surface area contributed by atoms with E-state index in [1.807, 2.05) is 0 Å². The van der Waals surface area contributed by atoms with E-state index in [2.05, 4.69) is 9.97 Å². The monoisotopic (exact) mass is 1150 g/mol. The van der Waals surface area contributed by atoms with Crippen LogP contribution in [-0.4, -0.2) is 62.7 Å². The maximum atomic E-state index is 16.4. The quantitative estimate of drug-likeness (QED) is 0.0828. The van der Waals surface area contributed by atoms with Crippen molar-refractivity contribution < 1.29 is 73.5 Å². The normalized spacial score (nSPS) is 14.7. The van der Waals surface area contributed by atoms with Gasteiger partial charge in [-0.05, 0) is 65.2 Å². The zero-order valence-corrected chi connectivity index (χ0v) is 43.1. The predicted octanol–water partition coefficient (Wildman–Crippen LogP) is 12.1. The van der Waals surface area contributed by atoms with Crippen molar-refractivity contribution in [2.75, 3.05) is 0 Å². The van der Waals surface area contributed by atoms with E-state index >= 15 is 26.3 Å². The van der Waals surface area contributed by atoms with Crippen molar-refractivity contribution in [1.29, 1.82) is 0 Å². The van der Waals surface area contributed by atoms with Crippen LogP contribution in [-0.2, 0) is 50.3 Å². The molecule has 4 unspecified atom stereocenters. The Morgan fingerprint density at radius 2 is 1.03 bits per heavy atom. The summed E-state index contributed by atoms with van der Waals surface area (Å²) in [5.74, 6) is -9.42. The summed E-state index contributed by atoms with van der Waals surface area (Å²) in [6.07, 6.45) is -15.6. The summed E-state index contributed by atoms with van der Waals surface area (Å²) in [4.78, 5) is 58.8. The molecule has 0 saturated heterocycles. The lowest BCUT2D eigenvalue weighted by Crippen LogP contribution is -2.50. The van der Waals surface area contributed by atoms with Gasteiger partial charge in [-0.15, -0.1) is 0 Å². The number of carboxylic acid groups (broad SMARTS) is 1. The molecule has 0 bridgehead atoms. The standard InChI is InChI=1S/C51H38Cl3F9N6O9/c1-23(47(75,50(58,59)60)25-7-13-37-39(15-25)68(5)45(73)66(37)3)29-11-9-27(17-34(29)52)76-41-19-31(33(22-65-41)49(55,56)57)44(72)78-48(51(61,62)63,26-8-14-38-40(16-26)69(6)46(74)67(38)4)24(2)30-12-10-28(18-35(30)53)77-42-20-36(54)32(21-64-42)43(70)71/h7-24,75H,1-6H3,(H,70,71). The Morgan fingerprint density at radius 3 is 1.49 bits per heavy atom. The van der Waals surface area contributed by atoms with Crippen LogP contribution >= 0.6 is 34.8 Å². The number of rotatable bonds is 13. The molecule has 4 aromatic heterocycles. The third-order valence-corrected chi connectivity index (χ3v) is 14.5. The van der Waals surface area contributed by atoms with Gasteiger partial charge in [0.05, 0.1) is 43.8 Å². The lowest BCUT2D eigenvalue weighted by atomic mass is 9.77. The van der Waals surface area contributed by atoms with Gasteiger partial charge >= 0.3 is 41.8 Å². The van der Waals surface area contributed by atoms with Gasteiger partial charge in [-0.1, -0.05) is 72.9 Å². The van der Waals surface area contributed by atoms with Crippen LogP contribution < -0.4 is 20.9 Å². The van der Waals surface area contributed by atoms with E-state index in [9.17, 15) is 42.6 Å². The summed E-state index contributed by atoms with van der Waals surface area (Å²) < 4.78 is 160. The van der Waals surface area contributed by atoms with Gasteiger partial charge in [0.15, 0.2) is 5.60 Å². The highest BCUT2D eigenvalue weighted by atomic mass is 35.5. The van der Waals surface area contributed by atoms with Gasteiger partial charge in [0, 0.05) is 80.2 Å². The second-order valence-corrected chi connectivity index (χ2v) is 19.2. The Hall–Kier alpha value is -7.54. The van der Waals surface area contributed by atoms with E-state index in [0.717, 1.165) is 107 Å². The third kappa shape index (κ3) is 9.67.